The zero-order valence-corrected chi connectivity index (χ0v) is 13.6. The van der Waals surface area contributed by atoms with Crippen LogP contribution in [0.15, 0.2) is 0 Å². The summed E-state index contributed by atoms with van der Waals surface area (Å²) in [5.41, 5.74) is 0.208. The molecule has 18 heavy (non-hydrogen) atoms. The molecule has 0 aromatic rings. The van der Waals surface area contributed by atoms with E-state index in [0.29, 0.717) is 17.6 Å². The Morgan fingerprint density at radius 3 is 2.39 bits per heavy atom. The molecule has 0 aliphatic heterocycles. The maximum Gasteiger partial charge on any atom is 0.302 e. The number of thioether (sulfide) groups is 1. The van der Waals surface area contributed by atoms with Gasteiger partial charge in [-0.3, -0.25) is 4.79 Å². The molecule has 0 saturated carbocycles. The summed E-state index contributed by atoms with van der Waals surface area (Å²) in [5, 5.41) is 0.155. The average molecular weight is 292 g/mol. The third-order valence-corrected chi connectivity index (χ3v) is 4.09. The molecule has 106 valence electrons. The maximum absolute atomic E-state index is 10.9. The van der Waals surface area contributed by atoms with Crippen LogP contribution in [0.5, 0.6) is 0 Å². The predicted molar refractivity (Wildman–Crippen MR) is 80.9 cm³/mol. The third kappa shape index (κ3) is 8.75. The average Bonchev–Trinajstić information content (AvgIpc) is 2.26. The van der Waals surface area contributed by atoms with E-state index < -0.39 is 0 Å². The normalized spacial score (nSPS) is 12.9. The van der Waals surface area contributed by atoms with Crippen LogP contribution in [0.1, 0.15) is 47.5 Å². The van der Waals surface area contributed by atoms with Gasteiger partial charge in [-0.25, -0.2) is 0 Å². The summed E-state index contributed by atoms with van der Waals surface area (Å²) in [7, 11) is 0. The molecule has 0 aliphatic carbocycles. The molecule has 0 aromatic carbocycles. The first-order valence-electron chi connectivity index (χ1n) is 6.27. The van der Waals surface area contributed by atoms with Crippen molar-refractivity contribution in [3.05, 3.63) is 0 Å². The minimum absolute atomic E-state index is 0.155. The number of rotatable bonds is 7. The van der Waals surface area contributed by atoms with Gasteiger partial charge in [0.2, 0.25) is 4.38 Å². The van der Waals surface area contributed by atoms with Gasteiger partial charge in [0.25, 0.3) is 0 Å². The van der Waals surface area contributed by atoms with Gasteiger partial charge in [0.1, 0.15) is 6.61 Å². The molecule has 0 radical (unpaired) electrons. The molecule has 1 unspecified atom stereocenters. The summed E-state index contributed by atoms with van der Waals surface area (Å²) < 4.78 is 10.9. The molecule has 3 nitrogen and oxygen atoms in total. The number of carbonyl (C=O) groups is 1. The summed E-state index contributed by atoms with van der Waals surface area (Å²) in [6.45, 7) is 10.9. The highest BCUT2D eigenvalue weighted by molar-refractivity contribution is 8.23. The first-order valence-corrected chi connectivity index (χ1v) is 7.56. The number of hydrogen-bond donors (Lipinski definition) is 0. The van der Waals surface area contributed by atoms with Gasteiger partial charge >= 0.3 is 5.97 Å². The first kappa shape index (κ1) is 17.7. The SMILES string of the molecule is CCOC(=S)SC(COC(C)=O)CC(C)(C)CC. The summed E-state index contributed by atoms with van der Waals surface area (Å²) in [6.07, 6.45) is 2.01. The highest BCUT2D eigenvalue weighted by atomic mass is 32.2. The van der Waals surface area contributed by atoms with Crippen LogP contribution in [0.3, 0.4) is 0 Å². The number of thiocarbonyl (C=S) groups is 1. The van der Waals surface area contributed by atoms with Crippen LogP contribution in [0, 0.1) is 5.41 Å². The van der Waals surface area contributed by atoms with Crippen LogP contribution in [0.25, 0.3) is 0 Å². The van der Waals surface area contributed by atoms with E-state index in [9.17, 15) is 4.79 Å². The molecule has 0 spiro atoms. The Morgan fingerprint density at radius 1 is 1.33 bits per heavy atom. The number of esters is 1. The van der Waals surface area contributed by atoms with Crippen molar-refractivity contribution in [3.63, 3.8) is 0 Å². The summed E-state index contributed by atoms with van der Waals surface area (Å²) >= 11 is 6.62. The van der Waals surface area contributed by atoms with E-state index in [1.54, 1.807) is 0 Å². The Hall–Kier alpha value is -0.290. The van der Waals surface area contributed by atoms with E-state index in [4.69, 9.17) is 21.7 Å². The zero-order chi connectivity index (χ0) is 14.2. The van der Waals surface area contributed by atoms with E-state index in [2.05, 4.69) is 20.8 Å². The lowest BCUT2D eigenvalue weighted by molar-refractivity contribution is -0.141. The third-order valence-electron chi connectivity index (χ3n) is 2.73. The van der Waals surface area contributed by atoms with Crippen molar-refractivity contribution in [2.75, 3.05) is 13.2 Å². The smallest absolute Gasteiger partial charge is 0.302 e. The first-order chi connectivity index (χ1) is 8.30. The van der Waals surface area contributed by atoms with Gasteiger partial charge in [-0.15, -0.1) is 0 Å². The Labute approximate surface area is 120 Å². The molecule has 0 aliphatic rings. The second-order valence-corrected chi connectivity index (χ2v) is 6.85. The number of carbonyl (C=O) groups excluding carboxylic acids is 1. The highest BCUT2D eigenvalue weighted by Crippen LogP contribution is 2.32. The molecule has 0 saturated heterocycles. The summed E-state index contributed by atoms with van der Waals surface area (Å²) in [4.78, 5) is 10.9. The van der Waals surface area contributed by atoms with E-state index >= 15 is 0 Å². The lowest BCUT2D eigenvalue weighted by atomic mass is 9.85. The zero-order valence-electron chi connectivity index (χ0n) is 11.9. The van der Waals surface area contributed by atoms with Gasteiger partial charge in [-0.1, -0.05) is 39.0 Å². The number of ether oxygens (including phenoxy) is 2. The Bertz CT molecular complexity index is 277. The van der Waals surface area contributed by atoms with Gasteiger partial charge in [-0.05, 0) is 31.0 Å². The standard InChI is InChI=1S/C13H24O3S2/c1-6-13(4,5)8-11(9-16-10(3)14)18-12(17)15-7-2/h11H,6-9H2,1-5H3. The monoisotopic (exact) mass is 292 g/mol. The highest BCUT2D eigenvalue weighted by Gasteiger charge is 2.24. The Balaban J connectivity index is 4.41. The molecular formula is C13H24O3S2. The Morgan fingerprint density at radius 2 is 1.94 bits per heavy atom. The fourth-order valence-electron chi connectivity index (χ4n) is 1.39. The second kappa shape index (κ2) is 8.75. The van der Waals surface area contributed by atoms with Crippen molar-refractivity contribution in [1.29, 1.82) is 0 Å². The van der Waals surface area contributed by atoms with E-state index in [1.165, 1.54) is 18.7 Å². The van der Waals surface area contributed by atoms with E-state index in [0.717, 1.165) is 12.8 Å². The quantitative estimate of drug-likeness (QED) is 0.527. The topological polar surface area (TPSA) is 35.5 Å². The fraction of sp³-hybridized carbons (Fsp3) is 0.846. The van der Waals surface area contributed by atoms with Gasteiger partial charge in [0.05, 0.1) is 6.61 Å². The largest absolute Gasteiger partial charge is 0.479 e. The molecule has 0 bridgehead atoms. The molecule has 0 rings (SSSR count). The van der Waals surface area contributed by atoms with Crippen molar-refractivity contribution in [3.8, 4) is 0 Å². The molecule has 0 heterocycles. The van der Waals surface area contributed by atoms with Crippen molar-refractivity contribution in [2.24, 2.45) is 5.41 Å². The van der Waals surface area contributed by atoms with Gasteiger partial charge in [0, 0.05) is 12.2 Å². The molecule has 0 N–H and O–H groups in total. The summed E-state index contributed by atoms with van der Waals surface area (Å²) in [6, 6.07) is 0. The predicted octanol–water partition coefficient (Wildman–Crippen LogP) is 3.80. The van der Waals surface area contributed by atoms with Crippen molar-refractivity contribution < 1.29 is 14.3 Å². The Kier molecular flexibility index (Phi) is 8.61. The summed E-state index contributed by atoms with van der Waals surface area (Å²) in [5.74, 6) is -0.253. The van der Waals surface area contributed by atoms with E-state index in [-0.39, 0.29) is 16.6 Å². The minimum Gasteiger partial charge on any atom is -0.479 e. The van der Waals surface area contributed by atoms with Crippen LogP contribution in [-0.2, 0) is 14.3 Å². The molecule has 0 amide bonds. The maximum atomic E-state index is 10.9. The number of hydrogen-bond acceptors (Lipinski definition) is 5. The molecule has 1 atom stereocenters. The van der Waals surface area contributed by atoms with Crippen molar-refractivity contribution in [1.82, 2.24) is 0 Å². The van der Waals surface area contributed by atoms with Gasteiger partial charge in [0.15, 0.2) is 0 Å². The van der Waals surface area contributed by atoms with Crippen LogP contribution in [0.4, 0.5) is 0 Å². The van der Waals surface area contributed by atoms with Crippen LogP contribution in [0.2, 0.25) is 0 Å². The fourth-order valence-corrected chi connectivity index (χ4v) is 3.05. The van der Waals surface area contributed by atoms with E-state index in [1.807, 2.05) is 6.92 Å². The van der Waals surface area contributed by atoms with Crippen LogP contribution in [-0.4, -0.2) is 28.8 Å². The molecule has 0 fully saturated rings. The molecule has 0 aromatic heterocycles. The second-order valence-electron chi connectivity index (χ2n) is 4.95. The lowest BCUT2D eigenvalue weighted by Gasteiger charge is -2.27. The minimum atomic E-state index is -0.253. The van der Waals surface area contributed by atoms with Crippen molar-refractivity contribution in [2.45, 2.75) is 52.7 Å². The molecular weight excluding hydrogens is 268 g/mol. The van der Waals surface area contributed by atoms with Gasteiger partial charge < -0.3 is 9.47 Å². The van der Waals surface area contributed by atoms with Crippen molar-refractivity contribution >= 4 is 34.3 Å². The van der Waals surface area contributed by atoms with Crippen LogP contribution >= 0.6 is 24.0 Å². The molecule has 5 heteroatoms. The van der Waals surface area contributed by atoms with Crippen LogP contribution < -0.4 is 0 Å². The lowest BCUT2D eigenvalue weighted by Crippen LogP contribution is -2.24. The van der Waals surface area contributed by atoms with Gasteiger partial charge in [-0.2, -0.15) is 0 Å².